The third-order valence-corrected chi connectivity index (χ3v) is 2.77. The summed E-state index contributed by atoms with van der Waals surface area (Å²) in [5, 5.41) is 15.6. The fourth-order valence-electron chi connectivity index (χ4n) is 1.63. The lowest BCUT2D eigenvalue weighted by atomic mass is 10.1. The van der Waals surface area contributed by atoms with Crippen molar-refractivity contribution in [2.45, 2.75) is 33.6 Å². The van der Waals surface area contributed by atoms with Crippen LogP contribution in [0.25, 0.3) is 0 Å². The number of rotatable bonds is 8. The van der Waals surface area contributed by atoms with Gasteiger partial charge in [-0.25, -0.2) is 9.97 Å². The highest BCUT2D eigenvalue weighted by Crippen LogP contribution is 2.20. The zero-order valence-corrected chi connectivity index (χ0v) is 11.5. The third kappa shape index (κ3) is 4.14. The van der Waals surface area contributed by atoms with Gasteiger partial charge in [0.05, 0.1) is 0 Å². The monoisotopic (exact) mass is 252 g/mol. The maximum absolute atomic E-state index is 9.02. The Balaban J connectivity index is 2.77. The van der Waals surface area contributed by atoms with Crippen molar-refractivity contribution < 1.29 is 5.11 Å². The van der Waals surface area contributed by atoms with Gasteiger partial charge in [-0.1, -0.05) is 20.8 Å². The minimum Gasteiger partial charge on any atom is -0.396 e. The van der Waals surface area contributed by atoms with Gasteiger partial charge in [0, 0.05) is 25.3 Å². The molecule has 5 nitrogen and oxygen atoms in total. The second-order valence-corrected chi connectivity index (χ2v) is 4.50. The summed E-state index contributed by atoms with van der Waals surface area (Å²) in [5.41, 5.74) is 1.11. The van der Waals surface area contributed by atoms with Crippen molar-refractivity contribution in [3.8, 4) is 0 Å². The highest BCUT2D eigenvalue weighted by atomic mass is 16.3. The van der Waals surface area contributed by atoms with Crippen molar-refractivity contribution in [3.05, 3.63) is 11.9 Å². The number of aliphatic hydroxyl groups is 1. The van der Waals surface area contributed by atoms with Crippen LogP contribution in [0, 0.1) is 5.92 Å². The first-order valence-electron chi connectivity index (χ1n) is 6.65. The Morgan fingerprint density at radius 1 is 1.22 bits per heavy atom. The van der Waals surface area contributed by atoms with E-state index >= 15 is 0 Å². The molecule has 0 aromatic carbocycles. The van der Waals surface area contributed by atoms with E-state index in [4.69, 9.17) is 5.11 Å². The Hall–Kier alpha value is -1.36. The average molecular weight is 252 g/mol. The normalized spacial score (nSPS) is 12.2. The average Bonchev–Trinajstić information content (AvgIpc) is 2.42. The number of aromatic nitrogens is 2. The molecule has 0 aliphatic heterocycles. The van der Waals surface area contributed by atoms with E-state index < -0.39 is 0 Å². The Morgan fingerprint density at radius 3 is 2.44 bits per heavy atom. The van der Waals surface area contributed by atoms with Gasteiger partial charge < -0.3 is 15.7 Å². The number of hydrogen-bond donors (Lipinski definition) is 3. The quantitative estimate of drug-likeness (QED) is 0.659. The number of anilines is 2. The molecule has 0 radical (unpaired) electrons. The molecule has 0 bridgehead atoms. The number of aliphatic hydroxyl groups excluding tert-OH is 1. The molecule has 0 aliphatic rings. The molecule has 5 heteroatoms. The van der Waals surface area contributed by atoms with E-state index in [-0.39, 0.29) is 12.5 Å². The summed E-state index contributed by atoms with van der Waals surface area (Å²) < 4.78 is 0. The SMILES string of the molecule is CCCNc1ncnc(NCC(C)CO)c1CC. The smallest absolute Gasteiger partial charge is 0.134 e. The van der Waals surface area contributed by atoms with Crippen molar-refractivity contribution in [2.24, 2.45) is 5.92 Å². The van der Waals surface area contributed by atoms with Gasteiger partial charge in [0.2, 0.25) is 0 Å². The van der Waals surface area contributed by atoms with Crippen LogP contribution in [-0.2, 0) is 6.42 Å². The topological polar surface area (TPSA) is 70.1 Å². The minimum absolute atomic E-state index is 0.181. The highest BCUT2D eigenvalue weighted by molar-refractivity contribution is 5.57. The first kappa shape index (κ1) is 14.7. The molecule has 0 aliphatic carbocycles. The fourth-order valence-corrected chi connectivity index (χ4v) is 1.63. The predicted molar refractivity (Wildman–Crippen MR) is 74.9 cm³/mol. The highest BCUT2D eigenvalue weighted by Gasteiger charge is 2.10. The van der Waals surface area contributed by atoms with Gasteiger partial charge >= 0.3 is 0 Å². The Morgan fingerprint density at radius 2 is 1.89 bits per heavy atom. The summed E-state index contributed by atoms with van der Waals surface area (Å²) in [4.78, 5) is 8.56. The van der Waals surface area contributed by atoms with Crippen molar-refractivity contribution in [1.82, 2.24) is 9.97 Å². The molecule has 1 aromatic rings. The van der Waals surface area contributed by atoms with Crippen LogP contribution in [0.15, 0.2) is 6.33 Å². The van der Waals surface area contributed by atoms with Crippen molar-refractivity contribution in [1.29, 1.82) is 0 Å². The molecular formula is C13H24N4O. The van der Waals surface area contributed by atoms with E-state index in [1.54, 1.807) is 6.33 Å². The Kier molecular flexibility index (Phi) is 6.43. The van der Waals surface area contributed by atoms with Crippen molar-refractivity contribution in [2.75, 3.05) is 30.3 Å². The first-order valence-corrected chi connectivity index (χ1v) is 6.65. The fraction of sp³-hybridized carbons (Fsp3) is 0.692. The molecule has 1 rings (SSSR count). The molecular weight excluding hydrogens is 228 g/mol. The van der Waals surface area contributed by atoms with E-state index in [9.17, 15) is 0 Å². The van der Waals surface area contributed by atoms with Crippen LogP contribution in [0.5, 0.6) is 0 Å². The van der Waals surface area contributed by atoms with E-state index in [1.807, 2.05) is 6.92 Å². The lowest BCUT2D eigenvalue weighted by Gasteiger charge is -2.15. The van der Waals surface area contributed by atoms with E-state index in [1.165, 1.54) is 0 Å². The standard InChI is InChI=1S/C13H24N4O/c1-4-6-14-12-11(5-2)13(17-9-16-12)15-7-10(3)8-18/h9-10,18H,4-8H2,1-3H3,(H2,14,15,16,17). The van der Waals surface area contributed by atoms with Crippen LogP contribution in [0.4, 0.5) is 11.6 Å². The molecule has 3 N–H and O–H groups in total. The van der Waals surface area contributed by atoms with Gasteiger partial charge in [-0.3, -0.25) is 0 Å². The van der Waals surface area contributed by atoms with Crippen LogP contribution < -0.4 is 10.6 Å². The lowest BCUT2D eigenvalue weighted by molar-refractivity contribution is 0.244. The van der Waals surface area contributed by atoms with Crippen LogP contribution in [0.1, 0.15) is 32.8 Å². The van der Waals surface area contributed by atoms with Gasteiger partial charge in [0.15, 0.2) is 0 Å². The zero-order valence-electron chi connectivity index (χ0n) is 11.5. The van der Waals surface area contributed by atoms with Gasteiger partial charge in [0.1, 0.15) is 18.0 Å². The second-order valence-electron chi connectivity index (χ2n) is 4.50. The molecule has 1 aromatic heterocycles. The van der Waals surface area contributed by atoms with Gasteiger partial charge in [-0.05, 0) is 18.8 Å². The zero-order chi connectivity index (χ0) is 13.4. The summed E-state index contributed by atoms with van der Waals surface area (Å²) in [6.45, 7) is 8.03. The summed E-state index contributed by atoms with van der Waals surface area (Å²) in [6, 6.07) is 0. The maximum atomic E-state index is 9.02. The van der Waals surface area contributed by atoms with E-state index in [0.717, 1.165) is 36.6 Å². The predicted octanol–water partition coefficient (Wildman–Crippen LogP) is 1.90. The first-order chi connectivity index (χ1) is 8.72. The molecule has 0 saturated heterocycles. The van der Waals surface area contributed by atoms with Crippen LogP contribution in [-0.4, -0.2) is 34.8 Å². The van der Waals surface area contributed by atoms with Crippen LogP contribution in [0.3, 0.4) is 0 Å². The summed E-state index contributed by atoms with van der Waals surface area (Å²) in [5.74, 6) is 2.00. The molecule has 1 heterocycles. The van der Waals surface area contributed by atoms with Crippen LogP contribution in [0.2, 0.25) is 0 Å². The Bertz CT molecular complexity index is 357. The Labute approximate surface area is 109 Å². The number of nitrogens with zero attached hydrogens (tertiary/aromatic N) is 2. The van der Waals surface area contributed by atoms with Gasteiger partial charge in [0.25, 0.3) is 0 Å². The van der Waals surface area contributed by atoms with E-state index in [2.05, 4.69) is 34.4 Å². The summed E-state index contributed by atoms with van der Waals surface area (Å²) in [6.07, 6.45) is 3.52. The van der Waals surface area contributed by atoms with Gasteiger partial charge in [-0.15, -0.1) is 0 Å². The summed E-state index contributed by atoms with van der Waals surface area (Å²) >= 11 is 0. The van der Waals surface area contributed by atoms with Crippen LogP contribution >= 0.6 is 0 Å². The maximum Gasteiger partial charge on any atom is 0.134 e. The molecule has 0 amide bonds. The minimum atomic E-state index is 0.181. The lowest BCUT2D eigenvalue weighted by Crippen LogP contribution is -2.17. The number of nitrogens with one attached hydrogen (secondary N) is 2. The molecule has 0 fully saturated rings. The molecule has 1 atom stereocenters. The summed E-state index contributed by atoms with van der Waals surface area (Å²) in [7, 11) is 0. The van der Waals surface area contributed by atoms with Crippen molar-refractivity contribution >= 4 is 11.6 Å². The second kappa shape index (κ2) is 7.87. The molecule has 0 saturated carbocycles. The third-order valence-electron chi connectivity index (χ3n) is 2.77. The molecule has 102 valence electrons. The van der Waals surface area contributed by atoms with E-state index in [0.29, 0.717) is 6.54 Å². The van der Waals surface area contributed by atoms with Gasteiger partial charge in [-0.2, -0.15) is 0 Å². The van der Waals surface area contributed by atoms with Crippen molar-refractivity contribution in [3.63, 3.8) is 0 Å². The largest absolute Gasteiger partial charge is 0.396 e. The molecule has 1 unspecified atom stereocenters. The molecule has 0 spiro atoms. The molecule has 18 heavy (non-hydrogen) atoms. The number of hydrogen-bond acceptors (Lipinski definition) is 5.